The predicted octanol–water partition coefficient (Wildman–Crippen LogP) is 2.31. The van der Waals surface area contributed by atoms with Crippen molar-refractivity contribution in [2.45, 2.75) is 13.8 Å². The maximum absolute atomic E-state index is 12.7. The van der Waals surface area contributed by atoms with Crippen LogP contribution < -0.4 is 0 Å². The molecule has 0 aliphatic carbocycles. The van der Waals surface area contributed by atoms with E-state index in [0.29, 0.717) is 5.70 Å². The molecule has 0 saturated carbocycles. The first-order valence-electron chi connectivity index (χ1n) is 3.34. The van der Waals surface area contributed by atoms with E-state index in [1.807, 2.05) is 0 Å². The zero-order valence-corrected chi connectivity index (χ0v) is 7.13. The van der Waals surface area contributed by atoms with Crippen molar-refractivity contribution in [3.63, 3.8) is 0 Å². The minimum absolute atomic E-state index is 0.349. The van der Waals surface area contributed by atoms with E-state index >= 15 is 0 Å². The lowest BCUT2D eigenvalue weighted by molar-refractivity contribution is 0.427. The van der Waals surface area contributed by atoms with Crippen LogP contribution in [0, 0.1) is 0 Å². The zero-order valence-electron chi connectivity index (χ0n) is 7.13. The number of rotatable bonds is 3. The SMILES string of the molecule is C=C/C(F)=C(\C)N(C)/N=C\C. The van der Waals surface area contributed by atoms with Crippen molar-refractivity contribution in [2.24, 2.45) is 5.10 Å². The number of hydrogen-bond acceptors (Lipinski definition) is 2. The van der Waals surface area contributed by atoms with Crippen molar-refractivity contribution in [3.05, 3.63) is 24.2 Å². The van der Waals surface area contributed by atoms with Crippen LogP contribution in [0.3, 0.4) is 0 Å². The molecule has 0 aromatic heterocycles. The van der Waals surface area contributed by atoms with Gasteiger partial charge in [0.1, 0.15) is 5.83 Å². The summed E-state index contributed by atoms with van der Waals surface area (Å²) in [5.74, 6) is -0.349. The molecule has 0 bridgehead atoms. The van der Waals surface area contributed by atoms with Crippen molar-refractivity contribution in [1.82, 2.24) is 5.01 Å². The zero-order chi connectivity index (χ0) is 8.85. The van der Waals surface area contributed by atoms with Crippen LogP contribution in [0.1, 0.15) is 13.8 Å². The summed E-state index contributed by atoms with van der Waals surface area (Å²) < 4.78 is 12.7. The van der Waals surface area contributed by atoms with Gasteiger partial charge in [0.25, 0.3) is 0 Å². The van der Waals surface area contributed by atoms with Crippen LogP contribution in [0.5, 0.6) is 0 Å². The number of nitrogens with zero attached hydrogens (tertiary/aromatic N) is 2. The first kappa shape index (κ1) is 9.88. The Morgan fingerprint density at radius 2 is 2.18 bits per heavy atom. The first-order valence-corrected chi connectivity index (χ1v) is 3.34. The molecule has 0 atom stereocenters. The third-order valence-corrected chi connectivity index (χ3v) is 1.30. The van der Waals surface area contributed by atoms with Crippen LogP contribution in [-0.2, 0) is 0 Å². The molecule has 0 spiro atoms. The van der Waals surface area contributed by atoms with E-state index in [4.69, 9.17) is 0 Å². The molecule has 0 amide bonds. The van der Waals surface area contributed by atoms with E-state index in [-0.39, 0.29) is 5.83 Å². The third kappa shape index (κ3) is 2.98. The van der Waals surface area contributed by atoms with Gasteiger partial charge >= 0.3 is 0 Å². The van der Waals surface area contributed by atoms with Crippen molar-refractivity contribution < 1.29 is 4.39 Å². The molecule has 62 valence electrons. The van der Waals surface area contributed by atoms with Gasteiger partial charge in [-0.3, -0.25) is 5.01 Å². The molecule has 0 aliphatic heterocycles. The monoisotopic (exact) mass is 156 g/mol. The molecule has 3 heteroatoms. The Morgan fingerprint density at radius 1 is 1.64 bits per heavy atom. The van der Waals surface area contributed by atoms with Gasteiger partial charge in [0.2, 0.25) is 0 Å². The molecule has 0 radical (unpaired) electrons. The van der Waals surface area contributed by atoms with Crippen molar-refractivity contribution in [1.29, 1.82) is 0 Å². The Bertz CT molecular complexity index is 194. The maximum Gasteiger partial charge on any atom is 0.143 e. The lowest BCUT2D eigenvalue weighted by Gasteiger charge is -2.12. The van der Waals surface area contributed by atoms with Gasteiger partial charge in [-0.25, -0.2) is 4.39 Å². The number of allylic oxidation sites excluding steroid dienone is 3. The van der Waals surface area contributed by atoms with E-state index in [9.17, 15) is 4.39 Å². The summed E-state index contributed by atoms with van der Waals surface area (Å²) in [4.78, 5) is 0. The van der Waals surface area contributed by atoms with E-state index in [1.165, 1.54) is 5.01 Å². The van der Waals surface area contributed by atoms with Crippen molar-refractivity contribution in [3.8, 4) is 0 Å². The van der Waals surface area contributed by atoms with Gasteiger partial charge in [0, 0.05) is 13.3 Å². The highest BCUT2D eigenvalue weighted by molar-refractivity contribution is 5.52. The highest BCUT2D eigenvalue weighted by Crippen LogP contribution is 2.09. The average molecular weight is 156 g/mol. The van der Waals surface area contributed by atoms with Crippen LogP contribution in [0.15, 0.2) is 29.3 Å². The molecule has 0 rings (SSSR count). The van der Waals surface area contributed by atoms with Crippen LogP contribution >= 0.6 is 0 Å². The Kier molecular flexibility index (Phi) is 4.18. The summed E-state index contributed by atoms with van der Waals surface area (Å²) in [5, 5.41) is 5.31. The molecule has 0 aliphatic rings. The molecular formula is C8H13FN2. The second-order valence-corrected chi connectivity index (χ2v) is 2.03. The normalized spacial score (nSPS) is 13.1. The number of hydrogen-bond donors (Lipinski definition) is 0. The van der Waals surface area contributed by atoms with E-state index in [0.717, 1.165) is 6.08 Å². The van der Waals surface area contributed by atoms with Gasteiger partial charge in [0.15, 0.2) is 0 Å². The van der Waals surface area contributed by atoms with Crippen LogP contribution in [0.25, 0.3) is 0 Å². The summed E-state index contributed by atoms with van der Waals surface area (Å²) in [6.45, 7) is 6.73. The minimum Gasteiger partial charge on any atom is -0.270 e. The topological polar surface area (TPSA) is 15.6 Å². The van der Waals surface area contributed by atoms with E-state index in [1.54, 1.807) is 27.1 Å². The molecule has 11 heavy (non-hydrogen) atoms. The Hall–Kier alpha value is -1.12. The second kappa shape index (κ2) is 4.66. The Morgan fingerprint density at radius 3 is 2.55 bits per heavy atom. The fourth-order valence-electron chi connectivity index (χ4n) is 0.562. The molecular weight excluding hydrogens is 143 g/mol. The summed E-state index contributed by atoms with van der Waals surface area (Å²) in [6.07, 6.45) is 2.76. The van der Waals surface area contributed by atoms with Gasteiger partial charge in [-0.05, 0) is 19.9 Å². The summed E-state index contributed by atoms with van der Waals surface area (Å²) in [6, 6.07) is 0. The van der Waals surface area contributed by atoms with Crippen molar-refractivity contribution >= 4 is 6.21 Å². The van der Waals surface area contributed by atoms with Gasteiger partial charge in [0.05, 0.1) is 5.70 Å². The first-order chi connectivity index (χ1) is 5.13. The molecule has 0 unspecified atom stereocenters. The van der Waals surface area contributed by atoms with Gasteiger partial charge < -0.3 is 0 Å². The van der Waals surface area contributed by atoms with Crippen molar-refractivity contribution in [2.75, 3.05) is 7.05 Å². The molecule has 0 aromatic carbocycles. The summed E-state index contributed by atoms with van der Waals surface area (Å²) in [5.41, 5.74) is 0.457. The van der Waals surface area contributed by atoms with E-state index < -0.39 is 0 Å². The third-order valence-electron chi connectivity index (χ3n) is 1.30. The van der Waals surface area contributed by atoms with Crippen LogP contribution in [0.4, 0.5) is 4.39 Å². The molecule has 2 nitrogen and oxygen atoms in total. The average Bonchev–Trinajstić information content (AvgIpc) is 2.02. The highest BCUT2D eigenvalue weighted by atomic mass is 19.1. The summed E-state index contributed by atoms with van der Waals surface area (Å²) in [7, 11) is 1.68. The molecule has 0 heterocycles. The molecule has 0 aromatic rings. The van der Waals surface area contributed by atoms with Gasteiger partial charge in [-0.1, -0.05) is 6.58 Å². The fraction of sp³-hybridized carbons (Fsp3) is 0.375. The largest absolute Gasteiger partial charge is 0.270 e. The predicted molar refractivity (Wildman–Crippen MR) is 45.9 cm³/mol. The Balaban J connectivity index is 4.45. The lowest BCUT2D eigenvalue weighted by Crippen LogP contribution is -2.08. The standard InChI is InChI=1S/C8H13FN2/c1-5-8(9)7(3)11(4)10-6-2/h5-6H,1H2,2-4H3/b8-7-,10-6-. The molecule has 0 N–H and O–H groups in total. The highest BCUT2D eigenvalue weighted by Gasteiger charge is 2.00. The second-order valence-electron chi connectivity index (χ2n) is 2.03. The minimum atomic E-state index is -0.349. The quantitative estimate of drug-likeness (QED) is 0.348. The number of hydrazone groups is 1. The molecule has 0 saturated heterocycles. The smallest absolute Gasteiger partial charge is 0.143 e. The Labute approximate surface area is 66.7 Å². The van der Waals surface area contributed by atoms with Gasteiger partial charge in [-0.15, -0.1) is 0 Å². The maximum atomic E-state index is 12.7. The summed E-state index contributed by atoms with van der Waals surface area (Å²) >= 11 is 0. The van der Waals surface area contributed by atoms with Gasteiger partial charge in [-0.2, -0.15) is 5.10 Å². The lowest BCUT2D eigenvalue weighted by atomic mass is 10.4. The fourth-order valence-corrected chi connectivity index (χ4v) is 0.562. The number of halogens is 1. The van der Waals surface area contributed by atoms with Crippen LogP contribution in [-0.4, -0.2) is 18.3 Å². The molecule has 0 fully saturated rings. The van der Waals surface area contributed by atoms with E-state index in [2.05, 4.69) is 11.7 Å². The van der Waals surface area contributed by atoms with Crippen LogP contribution in [0.2, 0.25) is 0 Å².